The van der Waals surface area contributed by atoms with Crippen LogP contribution >= 0.6 is 0 Å². The second-order valence-corrected chi connectivity index (χ2v) is 9.75. The number of rotatable bonds is 8. The van der Waals surface area contributed by atoms with Gasteiger partial charge in [-0.1, -0.05) is 30.3 Å². The highest BCUT2D eigenvalue weighted by molar-refractivity contribution is 6.04. The van der Waals surface area contributed by atoms with Crippen LogP contribution in [0.25, 0.3) is 10.9 Å². The zero-order valence-electron chi connectivity index (χ0n) is 20.3. The van der Waals surface area contributed by atoms with Crippen LogP contribution in [0.2, 0.25) is 0 Å². The van der Waals surface area contributed by atoms with Crippen molar-refractivity contribution in [3.05, 3.63) is 59.5 Å². The maximum atomic E-state index is 14.8. The van der Waals surface area contributed by atoms with Gasteiger partial charge in [0, 0.05) is 17.0 Å². The minimum Gasteiger partial charge on any atom is -0.396 e. The number of aromatic nitrogens is 2. The second-order valence-electron chi connectivity index (χ2n) is 9.75. The van der Waals surface area contributed by atoms with Gasteiger partial charge >= 0.3 is 0 Å². The van der Waals surface area contributed by atoms with Gasteiger partial charge in [0.1, 0.15) is 12.6 Å². The Morgan fingerprint density at radius 3 is 2.68 bits per heavy atom. The summed E-state index contributed by atoms with van der Waals surface area (Å²) in [5.74, 6) is -1.88. The molecule has 37 heavy (non-hydrogen) atoms. The van der Waals surface area contributed by atoms with Crippen LogP contribution in [0.15, 0.2) is 42.5 Å². The molecule has 0 radical (unpaired) electrons. The van der Waals surface area contributed by atoms with Crippen LogP contribution in [0.1, 0.15) is 47.8 Å². The van der Waals surface area contributed by atoms with E-state index in [-0.39, 0.29) is 53.8 Å². The Kier molecular flexibility index (Phi) is 6.55. The fraction of sp³-hybridized carbons (Fsp3) is 0.385. The molecule has 1 aliphatic carbocycles. The molecule has 0 spiro atoms. The molecule has 1 unspecified atom stereocenters. The van der Waals surface area contributed by atoms with Crippen molar-refractivity contribution in [3.63, 3.8) is 0 Å². The molecule has 10 nitrogen and oxygen atoms in total. The number of fused-ring (bicyclic) bond motifs is 3. The summed E-state index contributed by atoms with van der Waals surface area (Å²) in [6.07, 6.45) is 2.68. The third-order valence-electron chi connectivity index (χ3n) is 7.52. The van der Waals surface area contributed by atoms with E-state index < -0.39 is 23.8 Å². The van der Waals surface area contributed by atoms with Crippen molar-refractivity contribution in [1.29, 1.82) is 0 Å². The SMILES string of the molecule is NCCC(NC(=O)[C@@H]1[C@H]2CC[C@H](C2)N1C(=O)Cn1nc(C(N)=O)c2ccccc21)c1cccc(N)c1F. The van der Waals surface area contributed by atoms with Gasteiger partial charge in [-0.3, -0.25) is 19.1 Å². The van der Waals surface area contributed by atoms with Gasteiger partial charge in [0.05, 0.1) is 17.2 Å². The number of nitrogens with one attached hydrogen (secondary N) is 1. The number of nitrogens with zero attached hydrogens (tertiary/aromatic N) is 3. The number of nitrogens with two attached hydrogens (primary N) is 3. The van der Waals surface area contributed by atoms with Gasteiger partial charge in [-0.25, -0.2) is 4.39 Å². The predicted octanol–water partition coefficient (Wildman–Crippen LogP) is 1.44. The van der Waals surface area contributed by atoms with Gasteiger partial charge in [-0.05, 0) is 50.3 Å². The summed E-state index contributed by atoms with van der Waals surface area (Å²) >= 11 is 0. The smallest absolute Gasteiger partial charge is 0.269 e. The van der Waals surface area contributed by atoms with Gasteiger partial charge in [-0.15, -0.1) is 0 Å². The van der Waals surface area contributed by atoms with Crippen LogP contribution in [-0.2, 0) is 16.1 Å². The lowest BCUT2D eigenvalue weighted by Crippen LogP contribution is -2.54. The quantitative estimate of drug-likeness (QED) is 0.337. The summed E-state index contributed by atoms with van der Waals surface area (Å²) in [5, 5.41) is 7.79. The molecule has 11 heteroatoms. The lowest BCUT2D eigenvalue weighted by molar-refractivity contribution is -0.143. The minimum atomic E-state index is -0.687. The zero-order valence-corrected chi connectivity index (χ0v) is 20.3. The van der Waals surface area contributed by atoms with Crippen molar-refractivity contribution in [1.82, 2.24) is 20.0 Å². The molecule has 2 bridgehead atoms. The van der Waals surface area contributed by atoms with Gasteiger partial charge in [0.15, 0.2) is 11.5 Å². The van der Waals surface area contributed by atoms with Crippen molar-refractivity contribution >= 4 is 34.3 Å². The number of nitrogen functional groups attached to an aromatic ring is 1. The summed E-state index contributed by atoms with van der Waals surface area (Å²) in [6, 6.07) is 10.3. The van der Waals surface area contributed by atoms with E-state index in [0.29, 0.717) is 17.3 Å². The topological polar surface area (TPSA) is 162 Å². The first kappa shape index (κ1) is 24.7. The standard InChI is InChI=1S/C26H30FN7O3/c27-22-16(5-3-6-18(22)29)19(10-11-28)31-26(37)24-14-8-9-15(12-14)34(24)21(35)13-33-20-7-2-1-4-17(20)23(32-33)25(30)36/h1-7,14-15,19,24H,8-13,28-29H2,(H2,30,36)(H,31,37)/t14-,15+,19?,24-/m0/s1. The predicted molar refractivity (Wildman–Crippen MR) is 135 cm³/mol. The van der Waals surface area contributed by atoms with Crippen LogP contribution in [0, 0.1) is 11.7 Å². The molecule has 1 aliphatic heterocycles. The average Bonchev–Trinajstić information content (AvgIpc) is 3.59. The van der Waals surface area contributed by atoms with Gasteiger partial charge < -0.3 is 27.4 Å². The van der Waals surface area contributed by atoms with E-state index in [9.17, 15) is 18.8 Å². The van der Waals surface area contributed by atoms with Crippen molar-refractivity contribution in [2.75, 3.05) is 12.3 Å². The fourth-order valence-corrected chi connectivity index (χ4v) is 5.89. The number of amides is 3. The third-order valence-corrected chi connectivity index (χ3v) is 7.52. The molecular formula is C26H30FN7O3. The lowest BCUT2D eigenvalue weighted by atomic mass is 9.96. The van der Waals surface area contributed by atoms with E-state index in [4.69, 9.17) is 17.2 Å². The van der Waals surface area contributed by atoms with E-state index in [0.717, 1.165) is 19.3 Å². The van der Waals surface area contributed by atoms with Crippen LogP contribution in [0.5, 0.6) is 0 Å². The van der Waals surface area contributed by atoms with Crippen LogP contribution in [0.3, 0.4) is 0 Å². The zero-order chi connectivity index (χ0) is 26.3. The average molecular weight is 508 g/mol. The Labute approximate surface area is 212 Å². The molecule has 2 aromatic carbocycles. The number of carbonyl (C=O) groups is 3. The first-order chi connectivity index (χ1) is 17.8. The highest BCUT2D eigenvalue weighted by Crippen LogP contribution is 2.43. The molecule has 7 N–H and O–H groups in total. The van der Waals surface area contributed by atoms with E-state index >= 15 is 0 Å². The molecule has 1 saturated heterocycles. The Balaban J connectivity index is 1.40. The van der Waals surface area contributed by atoms with Crippen molar-refractivity contribution in [3.8, 4) is 0 Å². The number of benzene rings is 2. The number of anilines is 1. The maximum absolute atomic E-state index is 14.8. The molecule has 2 fully saturated rings. The number of likely N-dealkylation sites (tertiary alicyclic amines) is 1. The van der Waals surface area contributed by atoms with E-state index in [1.807, 2.05) is 0 Å². The van der Waals surface area contributed by atoms with Gasteiger partial charge in [-0.2, -0.15) is 5.10 Å². The number of carbonyl (C=O) groups excluding carboxylic acids is 3. The number of hydrogen-bond acceptors (Lipinski definition) is 6. The molecule has 3 aromatic rings. The largest absolute Gasteiger partial charge is 0.396 e. The molecule has 2 heterocycles. The maximum Gasteiger partial charge on any atom is 0.269 e. The molecule has 1 saturated carbocycles. The number of primary amides is 1. The Morgan fingerprint density at radius 1 is 1.14 bits per heavy atom. The van der Waals surface area contributed by atoms with E-state index in [2.05, 4.69) is 10.4 Å². The monoisotopic (exact) mass is 507 g/mol. The van der Waals surface area contributed by atoms with Gasteiger partial charge in [0.2, 0.25) is 11.8 Å². The number of piperidine rings is 1. The van der Waals surface area contributed by atoms with Gasteiger partial charge in [0.25, 0.3) is 5.91 Å². The third kappa shape index (κ3) is 4.39. The molecule has 194 valence electrons. The molecule has 5 rings (SSSR count). The van der Waals surface area contributed by atoms with Crippen LogP contribution < -0.4 is 22.5 Å². The first-order valence-corrected chi connectivity index (χ1v) is 12.4. The Morgan fingerprint density at radius 2 is 1.92 bits per heavy atom. The highest BCUT2D eigenvalue weighted by atomic mass is 19.1. The summed E-state index contributed by atoms with van der Waals surface area (Å²) in [7, 11) is 0. The molecule has 2 aliphatic rings. The summed E-state index contributed by atoms with van der Waals surface area (Å²) in [6.45, 7) is 0.0873. The number of hydrogen-bond donors (Lipinski definition) is 4. The number of para-hydroxylation sites is 1. The minimum absolute atomic E-state index is 0.00715. The van der Waals surface area contributed by atoms with Crippen molar-refractivity contribution in [2.24, 2.45) is 17.4 Å². The second kappa shape index (κ2) is 9.81. The van der Waals surface area contributed by atoms with Crippen LogP contribution in [-0.4, -0.2) is 51.0 Å². The Hall–Kier alpha value is -3.99. The molecule has 1 aromatic heterocycles. The molecule has 3 amide bonds. The normalized spacial score (nSPS) is 21.4. The van der Waals surface area contributed by atoms with E-state index in [1.165, 1.54) is 10.7 Å². The first-order valence-electron chi connectivity index (χ1n) is 12.4. The molecular weight excluding hydrogens is 477 g/mol. The summed E-state index contributed by atoms with van der Waals surface area (Å²) < 4.78 is 16.2. The molecule has 4 atom stereocenters. The number of halogens is 1. The fourth-order valence-electron chi connectivity index (χ4n) is 5.89. The van der Waals surface area contributed by atoms with Crippen molar-refractivity contribution in [2.45, 2.75) is 50.4 Å². The van der Waals surface area contributed by atoms with Crippen LogP contribution in [0.4, 0.5) is 10.1 Å². The summed E-state index contributed by atoms with van der Waals surface area (Å²) in [5.41, 5.74) is 18.0. The lowest BCUT2D eigenvalue weighted by Gasteiger charge is -2.35. The Bertz CT molecular complexity index is 1370. The summed E-state index contributed by atoms with van der Waals surface area (Å²) in [4.78, 5) is 40.7. The van der Waals surface area contributed by atoms with E-state index in [1.54, 1.807) is 41.3 Å². The van der Waals surface area contributed by atoms with Crippen molar-refractivity contribution < 1.29 is 18.8 Å². The highest BCUT2D eigenvalue weighted by Gasteiger charge is 2.51.